The Morgan fingerprint density at radius 1 is 0.880 bits per heavy atom. The number of likely N-dealkylation sites (tertiary alicyclic amines) is 3. The number of fused-ring (bicyclic) bond motifs is 2. The zero-order valence-electron chi connectivity index (χ0n) is 29.0. The average Bonchev–Trinajstić information content (AvgIpc) is 3.87. The van der Waals surface area contributed by atoms with Crippen LogP contribution in [0.5, 0.6) is 0 Å². The summed E-state index contributed by atoms with van der Waals surface area (Å²) >= 11 is 0. The Kier molecular flexibility index (Phi) is 9.95. The SMILES string of the molecule is C[C@H](CC1(c2nnn[nH]2)c2ccc(C(=O)N3CCCCC3)cc2CCc2cc(C(=O)N3CCCCC3)ccc21)NCC(=O)N1CCCC1C#N. The lowest BCUT2D eigenvalue weighted by Crippen LogP contribution is -2.45. The number of benzene rings is 2. The van der Waals surface area contributed by atoms with Gasteiger partial charge in [0.25, 0.3) is 11.8 Å². The predicted octanol–water partition coefficient (Wildman–Crippen LogP) is 3.77. The number of tetrazole rings is 1. The number of rotatable bonds is 8. The van der Waals surface area contributed by atoms with Crippen LogP contribution in [-0.2, 0) is 23.1 Å². The van der Waals surface area contributed by atoms with Crippen LogP contribution in [0.3, 0.4) is 0 Å². The molecule has 1 aliphatic carbocycles. The molecule has 0 spiro atoms. The lowest BCUT2D eigenvalue weighted by Gasteiger charge is -2.37. The van der Waals surface area contributed by atoms with Crippen LogP contribution in [0.4, 0.5) is 0 Å². The molecular weight excluding hydrogens is 630 g/mol. The maximum atomic E-state index is 13.7. The van der Waals surface area contributed by atoms with E-state index < -0.39 is 5.41 Å². The van der Waals surface area contributed by atoms with Gasteiger partial charge in [0.15, 0.2) is 5.82 Å². The zero-order valence-corrected chi connectivity index (χ0v) is 29.0. The van der Waals surface area contributed by atoms with E-state index in [1.807, 2.05) is 34.1 Å². The van der Waals surface area contributed by atoms with Crippen molar-refractivity contribution in [3.05, 3.63) is 75.6 Å². The summed E-state index contributed by atoms with van der Waals surface area (Å²) in [5.41, 5.74) is 4.58. The molecule has 50 heavy (non-hydrogen) atoms. The number of amides is 3. The second kappa shape index (κ2) is 14.7. The quantitative estimate of drug-likeness (QED) is 0.366. The fourth-order valence-corrected chi connectivity index (χ4v) is 8.68. The van der Waals surface area contributed by atoms with Gasteiger partial charge >= 0.3 is 0 Å². The molecule has 262 valence electrons. The third kappa shape index (κ3) is 6.51. The van der Waals surface area contributed by atoms with Crippen molar-refractivity contribution in [1.82, 2.24) is 40.6 Å². The van der Waals surface area contributed by atoms with Crippen molar-refractivity contribution in [2.45, 2.75) is 95.1 Å². The van der Waals surface area contributed by atoms with E-state index in [1.54, 1.807) is 4.90 Å². The van der Waals surface area contributed by atoms with Crippen LogP contribution in [0.2, 0.25) is 0 Å². The summed E-state index contributed by atoms with van der Waals surface area (Å²) in [6.45, 7) is 5.86. The lowest BCUT2D eigenvalue weighted by atomic mass is 9.67. The molecular formula is C38H47N9O3. The van der Waals surface area contributed by atoms with E-state index in [9.17, 15) is 19.6 Å². The van der Waals surface area contributed by atoms with Crippen molar-refractivity contribution in [2.75, 3.05) is 39.3 Å². The van der Waals surface area contributed by atoms with Gasteiger partial charge in [-0.2, -0.15) is 5.26 Å². The number of H-pyrrole nitrogens is 1. The van der Waals surface area contributed by atoms with E-state index >= 15 is 0 Å². The van der Waals surface area contributed by atoms with E-state index in [1.165, 1.54) is 0 Å². The number of nitriles is 1. The summed E-state index contributed by atoms with van der Waals surface area (Å²) < 4.78 is 0. The molecule has 3 saturated heterocycles. The van der Waals surface area contributed by atoms with Gasteiger partial charge in [0.05, 0.1) is 18.0 Å². The molecule has 0 radical (unpaired) electrons. The summed E-state index contributed by atoms with van der Waals surface area (Å²) in [5, 5.41) is 28.7. The van der Waals surface area contributed by atoms with Crippen LogP contribution in [0.25, 0.3) is 0 Å². The predicted molar refractivity (Wildman–Crippen MR) is 186 cm³/mol. The van der Waals surface area contributed by atoms with Gasteiger partial charge in [-0.25, -0.2) is 5.10 Å². The molecule has 3 aliphatic heterocycles. The molecule has 1 aromatic heterocycles. The number of aromatic amines is 1. The third-order valence-corrected chi connectivity index (χ3v) is 11.3. The fourth-order valence-electron chi connectivity index (χ4n) is 8.68. The highest BCUT2D eigenvalue weighted by molar-refractivity contribution is 5.95. The molecule has 2 N–H and O–H groups in total. The Hall–Kier alpha value is -4.63. The first-order valence-corrected chi connectivity index (χ1v) is 18.4. The monoisotopic (exact) mass is 677 g/mol. The van der Waals surface area contributed by atoms with E-state index in [0.717, 1.165) is 93.4 Å². The van der Waals surface area contributed by atoms with Crippen LogP contribution in [0.1, 0.15) is 114 Å². The average molecular weight is 678 g/mol. The van der Waals surface area contributed by atoms with Crippen molar-refractivity contribution in [3.8, 4) is 6.07 Å². The highest BCUT2D eigenvalue weighted by Crippen LogP contribution is 2.47. The van der Waals surface area contributed by atoms with Crippen LogP contribution >= 0.6 is 0 Å². The van der Waals surface area contributed by atoms with Crippen molar-refractivity contribution in [1.29, 1.82) is 5.26 Å². The molecule has 4 aliphatic rings. The van der Waals surface area contributed by atoms with E-state index in [4.69, 9.17) is 0 Å². The highest BCUT2D eigenvalue weighted by Gasteiger charge is 2.45. The number of hydrogen-bond donors (Lipinski definition) is 2. The topological polar surface area (TPSA) is 151 Å². The van der Waals surface area contributed by atoms with Gasteiger partial charge in [0.2, 0.25) is 5.91 Å². The minimum Gasteiger partial charge on any atom is -0.339 e. The molecule has 7 rings (SSSR count). The van der Waals surface area contributed by atoms with Gasteiger partial charge in [-0.05, 0) is 134 Å². The molecule has 3 fully saturated rings. The number of carbonyl (C=O) groups excluding carboxylic acids is 3. The molecule has 3 aromatic rings. The molecule has 4 heterocycles. The Balaban J connectivity index is 1.28. The minimum atomic E-state index is -0.873. The number of piperidine rings is 2. The first-order chi connectivity index (χ1) is 24.4. The Morgan fingerprint density at radius 2 is 1.46 bits per heavy atom. The van der Waals surface area contributed by atoms with Crippen molar-refractivity contribution in [3.63, 3.8) is 0 Å². The Labute approximate surface area is 293 Å². The molecule has 0 bridgehead atoms. The van der Waals surface area contributed by atoms with Crippen LogP contribution < -0.4 is 5.32 Å². The first kappa shape index (κ1) is 33.8. The third-order valence-electron chi connectivity index (χ3n) is 11.3. The first-order valence-electron chi connectivity index (χ1n) is 18.4. The summed E-state index contributed by atoms with van der Waals surface area (Å²) in [6, 6.07) is 13.8. The number of carbonyl (C=O) groups is 3. The number of nitrogens with zero attached hydrogens (tertiary/aromatic N) is 7. The maximum Gasteiger partial charge on any atom is 0.253 e. The van der Waals surface area contributed by atoms with Gasteiger partial charge in [-0.1, -0.05) is 12.1 Å². The second-order valence-corrected chi connectivity index (χ2v) is 14.5. The number of aryl methyl sites for hydroxylation is 2. The fraction of sp³-hybridized carbons (Fsp3) is 0.553. The largest absolute Gasteiger partial charge is 0.339 e. The van der Waals surface area contributed by atoms with E-state index in [-0.39, 0.29) is 36.3 Å². The zero-order chi connectivity index (χ0) is 34.7. The summed E-state index contributed by atoms with van der Waals surface area (Å²) in [4.78, 5) is 46.3. The van der Waals surface area contributed by atoms with Crippen molar-refractivity contribution < 1.29 is 14.4 Å². The van der Waals surface area contributed by atoms with Crippen LogP contribution in [-0.4, -0.2) is 104 Å². The molecule has 12 nitrogen and oxygen atoms in total. The number of aromatic nitrogens is 4. The number of nitrogens with one attached hydrogen (secondary N) is 2. The van der Waals surface area contributed by atoms with Crippen LogP contribution in [0, 0.1) is 11.3 Å². The molecule has 3 amide bonds. The Morgan fingerprint density at radius 3 is 1.98 bits per heavy atom. The van der Waals surface area contributed by atoms with Crippen molar-refractivity contribution in [2.24, 2.45) is 0 Å². The molecule has 2 atom stereocenters. The van der Waals surface area contributed by atoms with Gasteiger partial charge in [-0.3, -0.25) is 14.4 Å². The standard InChI is InChI=1S/C38H47N9O3/c1-26(40-25-34(48)47-20-8-9-31(47)24-39)23-38(37-41-43-44-42-37)32-14-12-29(35(49)45-16-4-2-5-17-45)21-27(32)10-11-28-22-30(13-15-33(28)38)36(50)46-18-6-3-7-19-46/h12-15,21-22,26,31,40H,2-11,16-20,23,25H2,1H3,(H,41,42,43,44)/t26-,31?/m1/s1. The minimum absolute atomic E-state index is 0.0572. The van der Waals surface area contributed by atoms with Gasteiger partial charge in [0, 0.05) is 49.9 Å². The lowest BCUT2D eigenvalue weighted by molar-refractivity contribution is -0.130. The van der Waals surface area contributed by atoms with Gasteiger partial charge in [-0.15, -0.1) is 5.10 Å². The van der Waals surface area contributed by atoms with Crippen LogP contribution in [0.15, 0.2) is 36.4 Å². The smallest absolute Gasteiger partial charge is 0.253 e. The molecule has 12 heteroatoms. The summed E-state index contributed by atoms with van der Waals surface area (Å²) in [6.07, 6.45) is 9.78. The molecule has 1 unspecified atom stereocenters. The maximum absolute atomic E-state index is 13.7. The van der Waals surface area contributed by atoms with E-state index in [2.05, 4.69) is 51.1 Å². The second-order valence-electron chi connectivity index (χ2n) is 14.5. The number of hydrogen-bond acceptors (Lipinski definition) is 8. The van der Waals surface area contributed by atoms with Gasteiger partial charge < -0.3 is 20.0 Å². The molecule has 0 saturated carbocycles. The normalized spacial score (nSPS) is 20.7. The van der Waals surface area contributed by atoms with E-state index in [0.29, 0.717) is 49.2 Å². The summed E-state index contributed by atoms with van der Waals surface area (Å²) in [7, 11) is 0. The highest BCUT2D eigenvalue weighted by atomic mass is 16.2. The molecule has 2 aromatic carbocycles. The van der Waals surface area contributed by atoms with Crippen molar-refractivity contribution >= 4 is 17.7 Å². The Bertz CT molecular complexity index is 1670. The van der Waals surface area contributed by atoms with Gasteiger partial charge in [0.1, 0.15) is 6.04 Å². The summed E-state index contributed by atoms with van der Waals surface area (Å²) in [5.74, 6) is 0.597.